The highest BCUT2D eigenvalue weighted by Gasteiger charge is 2.19. The molecule has 4 heteroatoms. The SMILES string of the molecule is CNCc1cnc(N(C)C2CCCCCC2)nc1C. The summed E-state index contributed by atoms with van der Waals surface area (Å²) in [5, 5.41) is 3.15. The molecule has 1 heterocycles. The van der Waals surface area contributed by atoms with Gasteiger partial charge < -0.3 is 10.2 Å². The van der Waals surface area contributed by atoms with Crippen molar-refractivity contribution < 1.29 is 0 Å². The Bertz CT molecular complexity index is 397. The van der Waals surface area contributed by atoms with Crippen LogP contribution >= 0.6 is 0 Å². The third-order valence-electron chi connectivity index (χ3n) is 4.12. The fraction of sp³-hybridized carbons (Fsp3) is 0.733. The molecule has 1 aromatic heterocycles. The molecule has 0 saturated heterocycles. The van der Waals surface area contributed by atoms with Crippen molar-refractivity contribution in [2.24, 2.45) is 0 Å². The van der Waals surface area contributed by atoms with Crippen molar-refractivity contribution in [3.05, 3.63) is 17.5 Å². The Morgan fingerprint density at radius 2 is 1.95 bits per heavy atom. The van der Waals surface area contributed by atoms with Crippen LogP contribution in [0.25, 0.3) is 0 Å². The molecule has 1 aliphatic carbocycles. The van der Waals surface area contributed by atoms with Gasteiger partial charge in [-0.2, -0.15) is 0 Å². The number of hydrogen-bond acceptors (Lipinski definition) is 4. The van der Waals surface area contributed by atoms with Crippen LogP contribution in [0.3, 0.4) is 0 Å². The minimum absolute atomic E-state index is 0.608. The number of hydrogen-bond donors (Lipinski definition) is 1. The van der Waals surface area contributed by atoms with E-state index in [0.717, 1.165) is 18.2 Å². The standard InChI is InChI=1S/C15H26N4/c1-12-13(10-16-2)11-17-15(18-12)19(3)14-8-6-4-5-7-9-14/h11,14,16H,4-10H2,1-3H3. The Balaban J connectivity index is 2.09. The van der Waals surface area contributed by atoms with Crippen LogP contribution in [0.1, 0.15) is 49.8 Å². The van der Waals surface area contributed by atoms with Crippen molar-refractivity contribution in [2.45, 2.75) is 58.0 Å². The first kappa shape index (κ1) is 14.3. The molecule has 0 amide bonds. The molecule has 1 saturated carbocycles. The van der Waals surface area contributed by atoms with E-state index in [4.69, 9.17) is 0 Å². The van der Waals surface area contributed by atoms with E-state index in [1.807, 2.05) is 13.2 Å². The first-order chi connectivity index (χ1) is 9.22. The number of aromatic nitrogens is 2. The van der Waals surface area contributed by atoms with Crippen molar-refractivity contribution in [1.29, 1.82) is 0 Å². The number of aryl methyl sites for hydroxylation is 1. The quantitative estimate of drug-likeness (QED) is 0.847. The molecule has 1 aliphatic rings. The van der Waals surface area contributed by atoms with Gasteiger partial charge in [-0.25, -0.2) is 9.97 Å². The molecule has 2 rings (SSSR count). The van der Waals surface area contributed by atoms with Gasteiger partial charge in [-0.1, -0.05) is 25.7 Å². The Morgan fingerprint density at radius 1 is 1.26 bits per heavy atom. The lowest BCUT2D eigenvalue weighted by molar-refractivity contribution is 0.544. The van der Waals surface area contributed by atoms with E-state index in [0.29, 0.717) is 6.04 Å². The maximum absolute atomic E-state index is 4.67. The Morgan fingerprint density at radius 3 is 2.53 bits per heavy atom. The van der Waals surface area contributed by atoms with Gasteiger partial charge in [-0.3, -0.25) is 0 Å². The third-order valence-corrected chi connectivity index (χ3v) is 4.12. The molecule has 0 unspecified atom stereocenters. The summed E-state index contributed by atoms with van der Waals surface area (Å²) in [5.41, 5.74) is 2.26. The van der Waals surface area contributed by atoms with Crippen LogP contribution in [0.15, 0.2) is 6.20 Å². The van der Waals surface area contributed by atoms with E-state index < -0.39 is 0 Å². The molecule has 1 fully saturated rings. The molecule has 0 spiro atoms. The minimum atomic E-state index is 0.608. The van der Waals surface area contributed by atoms with E-state index in [1.165, 1.54) is 44.1 Å². The van der Waals surface area contributed by atoms with Crippen LogP contribution in [0.2, 0.25) is 0 Å². The average molecular weight is 262 g/mol. The summed E-state index contributed by atoms with van der Waals surface area (Å²) in [5.74, 6) is 0.879. The first-order valence-corrected chi connectivity index (χ1v) is 7.42. The van der Waals surface area contributed by atoms with E-state index in [2.05, 4.69) is 34.2 Å². The predicted octanol–water partition coefficient (Wildman–Crippen LogP) is 2.66. The Hall–Kier alpha value is -1.16. The van der Waals surface area contributed by atoms with Gasteiger partial charge in [0.25, 0.3) is 0 Å². The molecule has 0 radical (unpaired) electrons. The van der Waals surface area contributed by atoms with Crippen molar-refractivity contribution >= 4 is 5.95 Å². The number of nitrogens with zero attached hydrogens (tertiary/aromatic N) is 3. The monoisotopic (exact) mass is 262 g/mol. The highest BCUT2D eigenvalue weighted by Crippen LogP contribution is 2.23. The summed E-state index contributed by atoms with van der Waals surface area (Å²) in [6.07, 6.45) is 9.95. The highest BCUT2D eigenvalue weighted by atomic mass is 15.2. The van der Waals surface area contributed by atoms with Gasteiger partial charge in [0.1, 0.15) is 0 Å². The summed E-state index contributed by atoms with van der Waals surface area (Å²) in [6.45, 7) is 2.90. The summed E-state index contributed by atoms with van der Waals surface area (Å²) >= 11 is 0. The summed E-state index contributed by atoms with van der Waals surface area (Å²) in [7, 11) is 4.09. The summed E-state index contributed by atoms with van der Waals surface area (Å²) < 4.78 is 0. The van der Waals surface area contributed by atoms with Crippen LogP contribution in [0.5, 0.6) is 0 Å². The maximum Gasteiger partial charge on any atom is 0.225 e. The Labute approximate surface area is 116 Å². The largest absolute Gasteiger partial charge is 0.341 e. The van der Waals surface area contributed by atoms with Crippen LogP contribution in [-0.4, -0.2) is 30.1 Å². The van der Waals surface area contributed by atoms with Gasteiger partial charge in [0, 0.05) is 37.1 Å². The second-order valence-electron chi connectivity index (χ2n) is 5.57. The summed E-state index contributed by atoms with van der Waals surface area (Å²) in [6, 6.07) is 0.608. The van der Waals surface area contributed by atoms with Gasteiger partial charge in [0.2, 0.25) is 5.95 Å². The number of rotatable bonds is 4. The Kier molecular flexibility index (Phi) is 5.14. The molecule has 0 bridgehead atoms. The van der Waals surface area contributed by atoms with Crippen molar-refractivity contribution in [3.8, 4) is 0 Å². The lowest BCUT2D eigenvalue weighted by Gasteiger charge is -2.27. The fourth-order valence-electron chi connectivity index (χ4n) is 2.82. The molecule has 0 aliphatic heterocycles. The third kappa shape index (κ3) is 3.66. The van der Waals surface area contributed by atoms with Crippen LogP contribution in [-0.2, 0) is 6.54 Å². The maximum atomic E-state index is 4.67. The molecule has 0 aromatic carbocycles. The lowest BCUT2D eigenvalue weighted by atomic mass is 10.1. The zero-order chi connectivity index (χ0) is 13.7. The van der Waals surface area contributed by atoms with Gasteiger partial charge in [0.15, 0.2) is 0 Å². The second kappa shape index (κ2) is 6.85. The van der Waals surface area contributed by atoms with Crippen molar-refractivity contribution in [2.75, 3.05) is 19.0 Å². The zero-order valence-corrected chi connectivity index (χ0v) is 12.4. The molecule has 0 atom stereocenters. The smallest absolute Gasteiger partial charge is 0.225 e. The number of nitrogens with one attached hydrogen (secondary N) is 1. The van der Waals surface area contributed by atoms with Gasteiger partial charge in [-0.05, 0) is 26.8 Å². The van der Waals surface area contributed by atoms with Gasteiger partial charge in [0.05, 0.1) is 0 Å². The summed E-state index contributed by atoms with van der Waals surface area (Å²) in [4.78, 5) is 11.5. The second-order valence-corrected chi connectivity index (χ2v) is 5.57. The van der Waals surface area contributed by atoms with E-state index in [-0.39, 0.29) is 0 Å². The predicted molar refractivity (Wildman–Crippen MR) is 79.4 cm³/mol. The molecule has 4 nitrogen and oxygen atoms in total. The van der Waals surface area contributed by atoms with E-state index >= 15 is 0 Å². The number of anilines is 1. The van der Waals surface area contributed by atoms with Crippen molar-refractivity contribution in [3.63, 3.8) is 0 Å². The van der Waals surface area contributed by atoms with Crippen LogP contribution in [0, 0.1) is 6.92 Å². The molecular weight excluding hydrogens is 236 g/mol. The van der Waals surface area contributed by atoms with Crippen molar-refractivity contribution in [1.82, 2.24) is 15.3 Å². The molecular formula is C15H26N4. The van der Waals surface area contributed by atoms with E-state index in [9.17, 15) is 0 Å². The average Bonchev–Trinajstić information content (AvgIpc) is 2.69. The zero-order valence-electron chi connectivity index (χ0n) is 12.4. The first-order valence-electron chi connectivity index (χ1n) is 7.42. The lowest BCUT2D eigenvalue weighted by Crippen LogP contribution is -2.32. The van der Waals surface area contributed by atoms with E-state index in [1.54, 1.807) is 0 Å². The molecule has 19 heavy (non-hydrogen) atoms. The van der Waals surface area contributed by atoms with Crippen LogP contribution in [0.4, 0.5) is 5.95 Å². The molecule has 106 valence electrons. The van der Waals surface area contributed by atoms with Crippen LogP contribution < -0.4 is 10.2 Å². The van der Waals surface area contributed by atoms with Gasteiger partial charge in [-0.15, -0.1) is 0 Å². The van der Waals surface area contributed by atoms with Gasteiger partial charge >= 0.3 is 0 Å². The molecule has 1 aromatic rings. The topological polar surface area (TPSA) is 41.1 Å². The fourth-order valence-corrected chi connectivity index (χ4v) is 2.82. The molecule has 1 N–H and O–H groups in total. The highest BCUT2D eigenvalue weighted by molar-refractivity contribution is 5.33. The normalized spacial score (nSPS) is 17.2. The minimum Gasteiger partial charge on any atom is -0.341 e.